The molecule has 92 valence electrons. The van der Waals surface area contributed by atoms with Crippen LogP contribution in [-0.2, 0) is 12.8 Å². The normalized spacial score (nSPS) is 13.4. The molecule has 0 unspecified atom stereocenters. The first-order valence-electron chi connectivity index (χ1n) is 5.50. The molecule has 0 radical (unpaired) electrons. The van der Waals surface area contributed by atoms with Crippen LogP contribution < -0.4 is 5.32 Å². The van der Waals surface area contributed by atoms with Gasteiger partial charge in [-0.25, -0.2) is 9.97 Å². The fourth-order valence-corrected chi connectivity index (χ4v) is 3.05. The molecule has 1 aliphatic carbocycles. The van der Waals surface area contributed by atoms with Crippen LogP contribution in [0.4, 0.5) is 5.13 Å². The van der Waals surface area contributed by atoms with Gasteiger partial charge in [-0.05, 0) is 19.3 Å². The maximum atomic E-state index is 11.9. The minimum atomic E-state index is -0.336. The fraction of sp³-hybridized carbons (Fsp3) is 0.273. The molecule has 2 heterocycles. The van der Waals surface area contributed by atoms with E-state index in [-0.39, 0.29) is 16.8 Å². The largest absolute Gasteiger partial charge is 0.296 e. The van der Waals surface area contributed by atoms with Gasteiger partial charge >= 0.3 is 0 Å². The minimum Gasteiger partial charge on any atom is -0.296 e. The summed E-state index contributed by atoms with van der Waals surface area (Å²) in [4.78, 5) is 25.3. The van der Waals surface area contributed by atoms with E-state index in [1.165, 1.54) is 28.6 Å². The van der Waals surface area contributed by atoms with Crippen molar-refractivity contribution in [3.8, 4) is 0 Å². The highest BCUT2D eigenvalue weighted by atomic mass is 35.5. The Morgan fingerprint density at radius 2 is 2.22 bits per heavy atom. The van der Waals surface area contributed by atoms with Crippen molar-refractivity contribution < 1.29 is 4.79 Å². The Balaban J connectivity index is 1.78. The Morgan fingerprint density at radius 3 is 3.00 bits per heavy atom. The van der Waals surface area contributed by atoms with E-state index in [1.807, 2.05) is 0 Å². The summed E-state index contributed by atoms with van der Waals surface area (Å²) in [6, 6.07) is 0. The maximum Gasteiger partial charge on any atom is 0.277 e. The third-order valence-electron chi connectivity index (χ3n) is 2.65. The lowest BCUT2D eigenvalue weighted by molar-refractivity contribution is 0.102. The average Bonchev–Trinajstić information content (AvgIpc) is 2.89. The van der Waals surface area contributed by atoms with Crippen LogP contribution in [0, 0.1) is 0 Å². The molecule has 1 amide bonds. The summed E-state index contributed by atoms with van der Waals surface area (Å²) in [5.41, 5.74) is 1.30. The molecule has 0 fully saturated rings. The number of halogens is 1. The summed E-state index contributed by atoms with van der Waals surface area (Å²) < 4.78 is 0. The van der Waals surface area contributed by atoms with Gasteiger partial charge in [0, 0.05) is 4.88 Å². The molecule has 5 nitrogen and oxygen atoms in total. The number of anilines is 1. The van der Waals surface area contributed by atoms with Gasteiger partial charge in [0.05, 0.1) is 18.1 Å². The predicted molar refractivity (Wildman–Crippen MR) is 69.1 cm³/mol. The van der Waals surface area contributed by atoms with Gasteiger partial charge in [0.2, 0.25) is 0 Å². The molecule has 0 saturated heterocycles. The zero-order chi connectivity index (χ0) is 12.5. The summed E-state index contributed by atoms with van der Waals surface area (Å²) >= 11 is 7.21. The van der Waals surface area contributed by atoms with Gasteiger partial charge in [-0.1, -0.05) is 11.6 Å². The van der Waals surface area contributed by atoms with Crippen LogP contribution in [0.15, 0.2) is 12.4 Å². The number of aryl methyl sites for hydroxylation is 2. The van der Waals surface area contributed by atoms with E-state index >= 15 is 0 Å². The number of amides is 1. The van der Waals surface area contributed by atoms with Crippen LogP contribution in [0.3, 0.4) is 0 Å². The SMILES string of the molecule is O=C(Nc1nc2c(s1)CCC2)c1cncc(Cl)n1. The van der Waals surface area contributed by atoms with E-state index in [4.69, 9.17) is 11.6 Å². The molecule has 0 spiro atoms. The number of thiazole rings is 1. The average molecular weight is 281 g/mol. The van der Waals surface area contributed by atoms with Gasteiger partial charge in [-0.3, -0.25) is 15.1 Å². The van der Waals surface area contributed by atoms with Gasteiger partial charge in [0.1, 0.15) is 10.8 Å². The Labute approximate surface area is 112 Å². The van der Waals surface area contributed by atoms with Crippen LogP contribution in [0.1, 0.15) is 27.5 Å². The molecule has 0 saturated carbocycles. The van der Waals surface area contributed by atoms with Crippen LogP contribution in [-0.4, -0.2) is 20.9 Å². The van der Waals surface area contributed by atoms with Crippen LogP contribution >= 0.6 is 22.9 Å². The zero-order valence-corrected chi connectivity index (χ0v) is 10.9. The second-order valence-corrected chi connectivity index (χ2v) is 5.39. The van der Waals surface area contributed by atoms with Crippen LogP contribution in [0.2, 0.25) is 5.15 Å². The number of rotatable bonds is 2. The zero-order valence-electron chi connectivity index (χ0n) is 9.31. The third kappa shape index (κ3) is 2.21. The topological polar surface area (TPSA) is 67.8 Å². The molecular weight excluding hydrogens is 272 g/mol. The van der Waals surface area contributed by atoms with E-state index < -0.39 is 0 Å². The first kappa shape index (κ1) is 11.6. The molecule has 3 rings (SSSR count). The first-order chi connectivity index (χ1) is 8.72. The van der Waals surface area contributed by atoms with Crippen molar-refractivity contribution in [3.05, 3.63) is 33.8 Å². The van der Waals surface area contributed by atoms with Gasteiger partial charge in [0.25, 0.3) is 5.91 Å². The summed E-state index contributed by atoms with van der Waals surface area (Å²) in [5.74, 6) is -0.336. The number of fused-ring (bicyclic) bond motifs is 1. The van der Waals surface area contributed by atoms with E-state index in [0.29, 0.717) is 5.13 Å². The number of aromatic nitrogens is 3. The fourth-order valence-electron chi connectivity index (χ4n) is 1.86. The van der Waals surface area contributed by atoms with E-state index in [9.17, 15) is 4.79 Å². The smallest absolute Gasteiger partial charge is 0.277 e. The molecule has 0 aliphatic heterocycles. The minimum absolute atomic E-state index is 0.192. The standard InChI is InChI=1S/C11H9ClN4OS/c12-9-5-13-4-7(14-9)10(17)16-11-15-6-2-1-3-8(6)18-11/h4-5H,1-3H2,(H,15,16,17). The molecule has 1 aliphatic rings. The van der Waals surface area contributed by atoms with Crippen molar-refractivity contribution in [1.29, 1.82) is 0 Å². The lowest BCUT2D eigenvalue weighted by Gasteiger charge is -2.00. The molecule has 1 N–H and O–H groups in total. The van der Waals surface area contributed by atoms with Crippen LogP contribution in [0.5, 0.6) is 0 Å². The summed E-state index contributed by atoms with van der Waals surface area (Å²) in [6.45, 7) is 0. The summed E-state index contributed by atoms with van der Waals surface area (Å²) in [6.07, 6.45) is 5.97. The molecule has 2 aromatic rings. The molecular formula is C11H9ClN4OS. The molecule has 18 heavy (non-hydrogen) atoms. The lowest BCUT2D eigenvalue weighted by Crippen LogP contribution is -2.14. The summed E-state index contributed by atoms with van der Waals surface area (Å²) in [7, 11) is 0. The highest BCUT2D eigenvalue weighted by molar-refractivity contribution is 7.15. The Bertz CT molecular complexity index is 591. The second-order valence-electron chi connectivity index (χ2n) is 3.92. The number of nitrogens with one attached hydrogen (secondary N) is 1. The second kappa shape index (κ2) is 4.62. The van der Waals surface area contributed by atoms with Crippen LogP contribution in [0.25, 0.3) is 0 Å². The Hall–Kier alpha value is -1.53. The van der Waals surface area contributed by atoms with Gasteiger partial charge in [-0.2, -0.15) is 0 Å². The van der Waals surface area contributed by atoms with Gasteiger partial charge in [-0.15, -0.1) is 11.3 Å². The van der Waals surface area contributed by atoms with Gasteiger partial charge in [0.15, 0.2) is 5.13 Å². The van der Waals surface area contributed by atoms with E-state index in [0.717, 1.165) is 25.0 Å². The van der Waals surface area contributed by atoms with Gasteiger partial charge < -0.3 is 0 Å². The monoisotopic (exact) mass is 280 g/mol. The Morgan fingerprint density at radius 1 is 1.33 bits per heavy atom. The predicted octanol–water partition coefficient (Wildman–Crippen LogP) is 2.33. The molecule has 0 bridgehead atoms. The first-order valence-corrected chi connectivity index (χ1v) is 6.69. The van der Waals surface area contributed by atoms with Crippen molar-refractivity contribution in [2.45, 2.75) is 19.3 Å². The van der Waals surface area contributed by atoms with Crippen molar-refractivity contribution in [3.63, 3.8) is 0 Å². The highest BCUT2D eigenvalue weighted by Gasteiger charge is 2.18. The van der Waals surface area contributed by atoms with E-state index in [2.05, 4.69) is 20.3 Å². The number of carbonyl (C=O) groups is 1. The number of nitrogens with zero attached hydrogens (tertiary/aromatic N) is 3. The quantitative estimate of drug-likeness (QED) is 0.917. The maximum absolute atomic E-state index is 11.9. The van der Waals surface area contributed by atoms with Crippen molar-refractivity contribution in [2.24, 2.45) is 0 Å². The number of carbonyl (C=O) groups excluding carboxylic acids is 1. The summed E-state index contributed by atoms with van der Waals surface area (Å²) in [5, 5.41) is 3.54. The molecule has 2 aromatic heterocycles. The van der Waals surface area contributed by atoms with E-state index in [1.54, 1.807) is 0 Å². The van der Waals surface area contributed by atoms with Crippen molar-refractivity contribution in [1.82, 2.24) is 15.0 Å². The molecule has 0 atom stereocenters. The Kier molecular flexibility index (Phi) is 2.97. The molecule has 7 heteroatoms. The lowest BCUT2D eigenvalue weighted by atomic mass is 10.4. The third-order valence-corrected chi connectivity index (χ3v) is 3.91. The van der Waals surface area contributed by atoms with Crippen molar-refractivity contribution in [2.75, 3.05) is 5.32 Å². The number of hydrogen-bond acceptors (Lipinski definition) is 5. The molecule has 0 aromatic carbocycles. The highest BCUT2D eigenvalue weighted by Crippen LogP contribution is 2.30. The van der Waals surface area contributed by atoms with Crippen molar-refractivity contribution >= 4 is 34.0 Å². The number of hydrogen-bond donors (Lipinski definition) is 1.